The highest BCUT2D eigenvalue weighted by Crippen LogP contribution is 2.13. The minimum Gasteiger partial charge on any atom is -0.462 e. The zero-order chi connectivity index (χ0) is 48.6. The molecule has 0 fully saturated rings. The van der Waals surface area contributed by atoms with Crippen LogP contribution in [-0.2, 0) is 28.6 Å². The first kappa shape index (κ1) is 62.3. The van der Waals surface area contributed by atoms with E-state index in [-0.39, 0.29) is 31.1 Å². The van der Waals surface area contributed by atoms with E-state index < -0.39 is 6.10 Å². The van der Waals surface area contributed by atoms with Crippen molar-refractivity contribution in [2.24, 2.45) is 0 Å². The lowest BCUT2D eigenvalue weighted by molar-refractivity contribution is -0.167. The summed E-state index contributed by atoms with van der Waals surface area (Å²) < 4.78 is 16.8. The molecule has 0 aliphatic rings. The van der Waals surface area contributed by atoms with Gasteiger partial charge in [0.25, 0.3) is 0 Å². The average Bonchev–Trinajstić information content (AvgIpc) is 3.33. The minimum absolute atomic E-state index is 0.113. The Kier molecular flexibility index (Phi) is 50.1. The molecule has 0 saturated carbocycles. The van der Waals surface area contributed by atoms with Crippen molar-refractivity contribution < 1.29 is 28.6 Å². The SMILES string of the molecule is CC/C=C/C=C/C=C/C=C/C=C/C=C/C=C/CCCCCC(=O)OCC(COC(=O)CCCCCCC/C=C/C=C/C=C/CC)OC(=O)CCCCCCCCC/C=C/C/C=C/CCCCC. The van der Waals surface area contributed by atoms with Crippen LogP contribution in [0.3, 0.4) is 0 Å². The van der Waals surface area contributed by atoms with E-state index in [0.717, 1.165) is 109 Å². The normalized spacial score (nSPS) is 13.3. The summed E-state index contributed by atoms with van der Waals surface area (Å²) in [6.07, 6.45) is 76.8. The molecule has 0 spiro atoms. The Bertz CT molecular complexity index is 1530. The summed E-state index contributed by atoms with van der Waals surface area (Å²) in [5.74, 6) is -0.996. The van der Waals surface area contributed by atoms with E-state index in [9.17, 15) is 14.4 Å². The molecule has 0 aromatic heterocycles. The second-order valence-corrected chi connectivity index (χ2v) is 16.9. The molecule has 0 aliphatic heterocycles. The lowest BCUT2D eigenvalue weighted by atomic mass is 10.1. The van der Waals surface area contributed by atoms with Crippen LogP contribution in [0.1, 0.15) is 201 Å². The molecule has 1 unspecified atom stereocenters. The van der Waals surface area contributed by atoms with Gasteiger partial charge in [0.05, 0.1) is 0 Å². The van der Waals surface area contributed by atoms with Gasteiger partial charge in [-0.05, 0) is 89.9 Å². The minimum atomic E-state index is -0.817. The molecule has 1 atom stereocenters. The van der Waals surface area contributed by atoms with Gasteiger partial charge in [-0.2, -0.15) is 0 Å². The number of unbranched alkanes of at least 4 members (excludes halogenated alkanes) is 18. The number of hydrogen-bond acceptors (Lipinski definition) is 6. The van der Waals surface area contributed by atoms with E-state index in [0.29, 0.717) is 19.3 Å². The van der Waals surface area contributed by atoms with Crippen LogP contribution < -0.4 is 0 Å². The Morgan fingerprint density at radius 1 is 0.328 bits per heavy atom. The van der Waals surface area contributed by atoms with Crippen LogP contribution in [-0.4, -0.2) is 37.2 Å². The third-order valence-electron chi connectivity index (χ3n) is 10.6. The van der Waals surface area contributed by atoms with Gasteiger partial charge < -0.3 is 14.2 Å². The number of rotatable bonds is 45. The maximum atomic E-state index is 12.8. The number of allylic oxidation sites excluding steroid dienone is 24. The van der Waals surface area contributed by atoms with Crippen molar-refractivity contribution in [2.45, 2.75) is 207 Å². The van der Waals surface area contributed by atoms with E-state index in [4.69, 9.17) is 14.2 Å². The van der Waals surface area contributed by atoms with E-state index in [1.807, 2.05) is 79.0 Å². The Morgan fingerprint density at radius 3 is 1.04 bits per heavy atom. The molecular formula is C61H94O6. The molecule has 67 heavy (non-hydrogen) atoms. The molecule has 0 radical (unpaired) electrons. The second kappa shape index (κ2) is 53.9. The van der Waals surface area contributed by atoms with Crippen molar-refractivity contribution in [3.8, 4) is 0 Å². The van der Waals surface area contributed by atoms with E-state index in [2.05, 4.69) is 87.6 Å². The lowest BCUT2D eigenvalue weighted by Gasteiger charge is -2.18. The smallest absolute Gasteiger partial charge is 0.306 e. The van der Waals surface area contributed by atoms with Crippen molar-refractivity contribution in [3.05, 3.63) is 146 Å². The number of carbonyl (C=O) groups excluding carboxylic acids is 3. The van der Waals surface area contributed by atoms with Gasteiger partial charge in [0.1, 0.15) is 13.2 Å². The van der Waals surface area contributed by atoms with Crippen molar-refractivity contribution in [1.82, 2.24) is 0 Å². The molecule has 0 aromatic rings. The molecule has 0 saturated heterocycles. The Balaban J connectivity index is 4.56. The Hall–Kier alpha value is -4.71. The third-order valence-corrected chi connectivity index (χ3v) is 10.6. The second-order valence-electron chi connectivity index (χ2n) is 16.9. The molecule has 0 heterocycles. The molecule has 0 amide bonds. The van der Waals surface area contributed by atoms with Crippen molar-refractivity contribution in [1.29, 1.82) is 0 Å². The first-order chi connectivity index (χ1) is 33.0. The molecule has 0 aliphatic carbocycles. The van der Waals surface area contributed by atoms with E-state index >= 15 is 0 Å². The first-order valence-electron chi connectivity index (χ1n) is 26.5. The van der Waals surface area contributed by atoms with Gasteiger partial charge in [0, 0.05) is 19.3 Å². The quantitative estimate of drug-likeness (QED) is 0.0199. The van der Waals surface area contributed by atoms with E-state index in [1.54, 1.807) is 0 Å². The molecule has 6 nitrogen and oxygen atoms in total. The molecule has 0 aromatic carbocycles. The third kappa shape index (κ3) is 52.1. The van der Waals surface area contributed by atoms with Gasteiger partial charge in [-0.1, -0.05) is 237 Å². The van der Waals surface area contributed by atoms with Crippen LogP contribution in [0.4, 0.5) is 0 Å². The zero-order valence-corrected chi connectivity index (χ0v) is 42.6. The Labute approximate surface area is 410 Å². The first-order valence-corrected chi connectivity index (χ1v) is 26.5. The lowest BCUT2D eigenvalue weighted by Crippen LogP contribution is -2.30. The van der Waals surface area contributed by atoms with Crippen LogP contribution >= 0.6 is 0 Å². The van der Waals surface area contributed by atoms with Crippen molar-refractivity contribution in [2.75, 3.05) is 13.2 Å². The van der Waals surface area contributed by atoms with Crippen molar-refractivity contribution in [3.63, 3.8) is 0 Å². The highest BCUT2D eigenvalue weighted by Gasteiger charge is 2.19. The standard InChI is InChI=1S/C61H94O6/c1-4-7-10-13-16-19-22-25-27-29-30-32-33-36-39-42-45-48-51-54-60(63)66-57-58(56-65-59(62)53-50-47-44-41-38-35-24-21-18-15-12-9-6-3)67-61(64)55-52-49-46-43-40-37-34-31-28-26-23-20-17-14-11-8-5-2/h7,9-10,12-13,15-22,24-30,32-33,36,39,58H,4-6,8,11,14,23,31,34-35,37-38,40-57H2,1-3H3/b10-7+,12-9+,16-13+,18-15+,20-17+,22-19+,24-21+,27-25+,28-26+,30-29+,33-32+,39-36+. The molecule has 0 bridgehead atoms. The molecule has 6 heteroatoms. The van der Waals surface area contributed by atoms with Gasteiger partial charge in [0.2, 0.25) is 0 Å². The number of esters is 3. The summed E-state index contributed by atoms with van der Waals surface area (Å²) in [5, 5.41) is 0. The predicted molar refractivity (Wildman–Crippen MR) is 288 cm³/mol. The fourth-order valence-electron chi connectivity index (χ4n) is 6.63. The fraction of sp³-hybridized carbons (Fsp3) is 0.557. The monoisotopic (exact) mass is 923 g/mol. The maximum Gasteiger partial charge on any atom is 0.306 e. The van der Waals surface area contributed by atoms with Gasteiger partial charge in [-0.3, -0.25) is 14.4 Å². The molecule has 0 N–H and O–H groups in total. The summed E-state index contributed by atoms with van der Waals surface area (Å²) in [6.45, 7) is 6.25. The number of carbonyl (C=O) groups is 3. The maximum absolute atomic E-state index is 12.8. The molecule has 374 valence electrons. The molecular weight excluding hydrogens is 829 g/mol. The highest BCUT2D eigenvalue weighted by atomic mass is 16.6. The summed E-state index contributed by atoms with van der Waals surface area (Å²) in [6, 6.07) is 0. The molecule has 0 rings (SSSR count). The largest absolute Gasteiger partial charge is 0.462 e. The zero-order valence-electron chi connectivity index (χ0n) is 42.6. The fourth-order valence-corrected chi connectivity index (χ4v) is 6.63. The van der Waals surface area contributed by atoms with Crippen molar-refractivity contribution >= 4 is 17.9 Å². The summed E-state index contributed by atoms with van der Waals surface area (Å²) in [4.78, 5) is 38.0. The Morgan fingerprint density at radius 2 is 0.642 bits per heavy atom. The van der Waals surface area contributed by atoms with Gasteiger partial charge in [-0.25, -0.2) is 0 Å². The number of ether oxygens (including phenoxy) is 3. The summed E-state index contributed by atoms with van der Waals surface area (Å²) >= 11 is 0. The summed E-state index contributed by atoms with van der Waals surface area (Å²) in [5.41, 5.74) is 0. The van der Waals surface area contributed by atoms with Crippen LogP contribution in [0.25, 0.3) is 0 Å². The number of hydrogen-bond donors (Lipinski definition) is 0. The van der Waals surface area contributed by atoms with E-state index in [1.165, 1.54) is 51.4 Å². The van der Waals surface area contributed by atoms with Crippen LogP contribution in [0.2, 0.25) is 0 Å². The van der Waals surface area contributed by atoms with Gasteiger partial charge in [0.15, 0.2) is 6.10 Å². The average molecular weight is 923 g/mol. The van der Waals surface area contributed by atoms with Crippen LogP contribution in [0, 0.1) is 0 Å². The van der Waals surface area contributed by atoms with Gasteiger partial charge >= 0.3 is 17.9 Å². The summed E-state index contributed by atoms with van der Waals surface area (Å²) in [7, 11) is 0. The topological polar surface area (TPSA) is 78.9 Å². The van der Waals surface area contributed by atoms with Crippen LogP contribution in [0.15, 0.2) is 146 Å². The van der Waals surface area contributed by atoms with Crippen LogP contribution in [0.5, 0.6) is 0 Å². The van der Waals surface area contributed by atoms with Gasteiger partial charge in [-0.15, -0.1) is 0 Å². The predicted octanol–water partition coefficient (Wildman–Crippen LogP) is 17.6. The highest BCUT2D eigenvalue weighted by molar-refractivity contribution is 5.71.